The van der Waals surface area contributed by atoms with Crippen LogP contribution >= 0.6 is 24.8 Å². The molecule has 5 nitrogen and oxygen atoms in total. The first-order valence-electron chi connectivity index (χ1n) is 11.1. The molecular formula is C25H38Cl2N2O3. The Labute approximate surface area is 205 Å². The lowest BCUT2D eigenvalue weighted by Crippen LogP contribution is -2.48. The number of hydrogen-bond acceptors (Lipinski definition) is 5. The van der Waals surface area contributed by atoms with Gasteiger partial charge >= 0.3 is 0 Å². The van der Waals surface area contributed by atoms with E-state index in [1.165, 1.54) is 11.1 Å². The summed E-state index contributed by atoms with van der Waals surface area (Å²) in [6.45, 7) is 11.3. The topological polar surface area (TPSA) is 45.2 Å². The van der Waals surface area contributed by atoms with Crippen LogP contribution in [-0.4, -0.2) is 73.6 Å². The molecule has 0 amide bonds. The highest BCUT2D eigenvalue weighted by atomic mass is 35.5. The number of piperazine rings is 1. The molecule has 0 radical (unpaired) electrons. The van der Waals surface area contributed by atoms with Crippen LogP contribution in [0.5, 0.6) is 5.75 Å². The van der Waals surface area contributed by atoms with E-state index < -0.39 is 6.10 Å². The summed E-state index contributed by atoms with van der Waals surface area (Å²) in [5.74, 6) is 1.35. The second-order valence-corrected chi connectivity index (χ2v) is 8.33. The summed E-state index contributed by atoms with van der Waals surface area (Å²) < 4.78 is 11.5. The van der Waals surface area contributed by atoms with Crippen LogP contribution in [0.4, 0.5) is 0 Å². The molecule has 0 spiro atoms. The van der Waals surface area contributed by atoms with Gasteiger partial charge in [0.1, 0.15) is 12.4 Å². The van der Waals surface area contributed by atoms with Gasteiger partial charge in [0.25, 0.3) is 0 Å². The van der Waals surface area contributed by atoms with Crippen molar-refractivity contribution in [3.05, 3.63) is 65.7 Å². The Morgan fingerprint density at radius 3 is 2.16 bits per heavy atom. The summed E-state index contributed by atoms with van der Waals surface area (Å²) in [6.07, 6.45) is -0.464. The fraction of sp³-hybridized carbons (Fsp3) is 0.520. The Balaban J connectivity index is 0.00000256. The molecule has 0 aromatic heterocycles. The molecule has 1 atom stereocenters. The number of nitrogens with zero attached hydrogens (tertiary/aromatic N) is 2. The van der Waals surface area contributed by atoms with Crippen molar-refractivity contribution in [2.24, 2.45) is 0 Å². The summed E-state index contributed by atoms with van der Waals surface area (Å²) in [5.41, 5.74) is 2.57. The minimum atomic E-state index is -0.464. The van der Waals surface area contributed by atoms with Crippen molar-refractivity contribution >= 4 is 24.8 Å². The first kappa shape index (κ1) is 28.7. The third-order valence-corrected chi connectivity index (χ3v) is 5.52. The summed E-state index contributed by atoms with van der Waals surface area (Å²) in [5, 5.41) is 10.3. The molecule has 3 rings (SSSR count). The summed E-state index contributed by atoms with van der Waals surface area (Å²) >= 11 is 0. The Morgan fingerprint density at radius 1 is 0.844 bits per heavy atom. The highest BCUT2D eigenvalue weighted by Gasteiger charge is 2.19. The highest BCUT2D eigenvalue weighted by molar-refractivity contribution is 5.85. The fourth-order valence-electron chi connectivity index (χ4n) is 3.84. The van der Waals surface area contributed by atoms with Gasteiger partial charge in [-0.15, -0.1) is 24.8 Å². The number of β-amino-alcohol motifs (C(OH)–C–C–N with tert-alkyl or cyclic N) is 1. The molecule has 1 unspecified atom stereocenters. The van der Waals surface area contributed by atoms with E-state index in [0.717, 1.165) is 38.5 Å². The van der Waals surface area contributed by atoms with E-state index in [-0.39, 0.29) is 24.8 Å². The van der Waals surface area contributed by atoms with E-state index in [1.54, 1.807) is 0 Å². The Bertz CT molecular complexity index is 741. The predicted octanol–water partition coefficient (Wildman–Crippen LogP) is 4.23. The van der Waals surface area contributed by atoms with Crippen molar-refractivity contribution in [1.82, 2.24) is 9.80 Å². The molecule has 180 valence electrons. The van der Waals surface area contributed by atoms with Crippen molar-refractivity contribution in [3.63, 3.8) is 0 Å². The number of halogens is 2. The quantitative estimate of drug-likeness (QED) is 0.483. The van der Waals surface area contributed by atoms with Gasteiger partial charge in [0.05, 0.1) is 19.3 Å². The Morgan fingerprint density at radius 2 is 1.47 bits per heavy atom. The largest absolute Gasteiger partial charge is 0.491 e. The van der Waals surface area contributed by atoms with Gasteiger partial charge in [-0.2, -0.15) is 0 Å². The zero-order chi connectivity index (χ0) is 21.2. The molecule has 7 heteroatoms. The molecule has 32 heavy (non-hydrogen) atoms. The van der Waals surface area contributed by atoms with Gasteiger partial charge in [0.2, 0.25) is 0 Å². The molecular weight excluding hydrogens is 447 g/mol. The molecule has 1 saturated heterocycles. The van der Waals surface area contributed by atoms with Crippen LogP contribution in [0.25, 0.3) is 0 Å². The van der Waals surface area contributed by atoms with Gasteiger partial charge in [0.15, 0.2) is 0 Å². The number of aliphatic hydroxyl groups is 1. The van der Waals surface area contributed by atoms with Crippen molar-refractivity contribution in [1.29, 1.82) is 0 Å². The highest BCUT2D eigenvalue weighted by Crippen LogP contribution is 2.25. The van der Waals surface area contributed by atoms with Crippen LogP contribution in [0, 0.1) is 0 Å². The minimum Gasteiger partial charge on any atom is -0.491 e. The first-order chi connectivity index (χ1) is 14.6. The summed E-state index contributed by atoms with van der Waals surface area (Å²) in [7, 11) is 0. The van der Waals surface area contributed by atoms with Gasteiger partial charge in [-0.25, -0.2) is 0 Å². The molecule has 2 aromatic rings. The third kappa shape index (κ3) is 9.65. The number of benzene rings is 2. The molecule has 0 aliphatic carbocycles. The van der Waals surface area contributed by atoms with Crippen LogP contribution in [0.2, 0.25) is 0 Å². The summed E-state index contributed by atoms with van der Waals surface area (Å²) in [4.78, 5) is 4.80. The number of hydrogen-bond donors (Lipinski definition) is 1. The number of para-hydroxylation sites is 1. The third-order valence-electron chi connectivity index (χ3n) is 5.52. The van der Waals surface area contributed by atoms with Gasteiger partial charge in [-0.05, 0) is 23.1 Å². The van der Waals surface area contributed by atoms with Crippen LogP contribution in [0.1, 0.15) is 30.9 Å². The van der Waals surface area contributed by atoms with E-state index in [9.17, 15) is 5.11 Å². The van der Waals surface area contributed by atoms with E-state index >= 15 is 0 Å². The first-order valence-corrected chi connectivity index (χ1v) is 11.1. The molecule has 1 aliphatic rings. The van der Waals surface area contributed by atoms with Crippen LogP contribution in [0.3, 0.4) is 0 Å². The monoisotopic (exact) mass is 484 g/mol. The smallest absolute Gasteiger partial charge is 0.122 e. The van der Waals surface area contributed by atoms with Crippen molar-refractivity contribution < 1.29 is 14.6 Å². The van der Waals surface area contributed by atoms with Gasteiger partial charge in [0, 0.05) is 39.3 Å². The molecule has 1 aliphatic heterocycles. The SMILES string of the molecule is CC(C)c1ccccc1OCCOCC(O)CN1CCN(Cc2ccccc2)CC1.Cl.Cl. The maximum Gasteiger partial charge on any atom is 0.122 e. The zero-order valence-corrected chi connectivity index (χ0v) is 20.8. The summed E-state index contributed by atoms with van der Waals surface area (Å²) in [6, 6.07) is 18.7. The van der Waals surface area contributed by atoms with Gasteiger partial charge in [-0.3, -0.25) is 9.80 Å². The van der Waals surface area contributed by atoms with Crippen LogP contribution in [0.15, 0.2) is 54.6 Å². The molecule has 0 bridgehead atoms. The molecule has 1 N–H and O–H groups in total. The van der Waals surface area contributed by atoms with Crippen molar-refractivity contribution in [2.75, 3.05) is 52.5 Å². The van der Waals surface area contributed by atoms with Crippen molar-refractivity contribution in [2.45, 2.75) is 32.4 Å². The second-order valence-electron chi connectivity index (χ2n) is 8.33. The lowest BCUT2D eigenvalue weighted by molar-refractivity contribution is -0.000507. The number of rotatable bonds is 11. The van der Waals surface area contributed by atoms with Crippen LogP contribution < -0.4 is 4.74 Å². The molecule has 1 heterocycles. The van der Waals surface area contributed by atoms with E-state index in [0.29, 0.717) is 32.3 Å². The Hall–Kier alpha value is -1.34. The lowest BCUT2D eigenvalue weighted by atomic mass is 10.0. The predicted molar refractivity (Wildman–Crippen MR) is 136 cm³/mol. The second kappa shape index (κ2) is 15.5. The normalized spacial score (nSPS) is 15.6. The molecule has 2 aromatic carbocycles. The van der Waals surface area contributed by atoms with E-state index in [2.05, 4.69) is 60.0 Å². The minimum absolute atomic E-state index is 0. The average molecular weight is 485 g/mol. The van der Waals surface area contributed by atoms with E-state index in [4.69, 9.17) is 9.47 Å². The number of ether oxygens (including phenoxy) is 2. The zero-order valence-electron chi connectivity index (χ0n) is 19.2. The molecule has 0 saturated carbocycles. The Kier molecular flexibility index (Phi) is 13.9. The van der Waals surface area contributed by atoms with Crippen molar-refractivity contribution in [3.8, 4) is 5.75 Å². The van der Waals surface area contributed by atoms with E-state index in [1.807, 2.05) is 18.2 Å². The number of aliphatic hydroxyl groups excluding tert-OH is 1. The van der Waals surface area contributed by atoms with Gasteiger partial charge in [-0.1, -0.05) is 62.4 Å². The van der Waals surface area contributed by atoms with Gasteiger partial charge < -0.3 is 14.6 Å². The maximum absolute atomic E-state index is 10.3. The standard InChI is InChI=1S/C25H36N2O3.2ClH/c1-21(2)24-10-6-7-11-25(24)30-17-16-29-20-23(28)19-27-14-12-26(13-15-27)18-22-8-4-3-5-9-22;;/h3-11,21,23,28H,12-20H2,1-2H3;2*1H. The molecule has 1 fully saturated rings. The lowest BCUT2D eigenvalue weighted by Gasteiger charge is -2.35. The van der Waals surface area contributed by atoms with Crippen LogP contribution in [-0.2, 0) is 11.3 Å². The maximum atomic E-state index is 10.3. The average Bonchev–Trinajstić information content (AvgIpc) is 2.76. The fourth-order valence-corrected chi connectivity index (χ4v) is 3.84.